The van der Waals surface area contributed by atoms with Gasteiger partial charge in [0.05, 0.1) is 0 Å². The zero-order valence-corrected chi connectivity index (χ0v) is 15.1. The summed E-state index contributed by atoms with van der Waals surface area (Å²) in [6.07, 6.45) is 4.58. The molecule has 2 atom stereocenters. The van der Waals surface area contributed by atoms with Gasteiger partial charge in [-0.3, -0.25) is 9.69 Å². The average Bonchev–Trinajstić information content (AvgIpc) is 2.97. The molecule has 5 aliphatic heterocycles. The Hall–Kier alpha value is -1.79. The molecule has 1 aromatic rings. The van der Waals surface area contributed by atoms with Crippen molar-refractivity contribution in [1.82, 2.24) is 9.80 Å². The number of rotatable bonds is 2. The molecule has 1 amide bonds. The van der Waals surface area contributed by atoms with Crippen molar-refractivity contribution in [2.24, 2.45) is 5.92 Å². The molecular weight excluding hydrogens is 332 g/mol. The molecule has 4 saturated heterocycles. The summed E-state index contributed by atoms with van der Waals surface area (Å²) >= 11 is 0. The Bertz CT molecular complexity index is 688. The zero-order valence-electron chi connectivity index (χ0n) is 15.1. The van der Waals surface area contributed by atoms with E-state index in [0.29, 0.717) is 29.3 Å². The highest BCUT2D eigenvalue weighted by molar-refractivity contribution is 5.95. The summed E-state index contributed by atoms with van der Waals surface area (Å²) < 4.78 is 16.3. The molecule has 6 rings (SSSR count). The topological polar surface area (TPSA) is 51.2 Å². The smallest absolute Gasteiger partial charge is 0.254 e. The average molecular weight is 358 g/mol. The molecule has 0 aliphatic carbocycles. The van der Waals surface area contributed by atoms with Gasteiger partial charge in [0, 0.05) is 50.5 Å². The van der Waals surface area contributed by atoms with E-state index < -0.39 is 0 Å². The summed E-state index contributed by atoms with van der Waals surface area (Å²) in [4.78, 5) is 18.0. The van der Waals surface area contributed by atoms with Gasteiger partial charge in [-0.15, -0.1) is 0 Å². The SMILES string of the molecule is O=C(c1ccc2c(c1)OCO2)N1CC2CCC1CN(C1CCOCC1)C2. The van der Waals surface area contributed by atoms with Crippen LogP contribution in [-0.4, -0.2) is 67.4 Å². The second-order valence-corrected chi connectivity index (χ2v) is 7.92. The van der Waals surface area contributed by atoms with Gasteiger partial charge in [0.15, 0.2) is 11.5 Å². The van der Waals surface area contributed by atoms with E-state index in [1.165, 1.54) is 6.42 Å². The number of piperidine rings is 1. The predicted octanol–water partition coefficient (Wildman–Crippen LogP) is 2.13. The number of hydrogen-bond acceptors (Lipinski definition) is 5. The van der Waals surface area contributed by atoms with Crippen LogP contribution in [0.4, 0.5) is 0 Å². The standard InChI is InChI=1S/C20H26N2O4/c23-20(15-2-4-18-19(9-15)26-13-25-18)22-11-14-1-3-17(22)12-21(10-14)16-5-7-24-8-6-16/h2,4,9,14,16-17H,1,3,5-8,10-13H2. The first-order chi connectivity index (χ1) is 12.8. The summed E-state index contributed by atoms with van der Waals surface area (Å²) in [5.41, 5.74) is 0.708. The van der Waals surface area contributed by atoms with Crippen LogP contribution in [0.3, 0.4) is 0 Å². The van der Waals surface area contributed by atoms with Crippen LogP contribution in [0.2, 0.25) is 0 Å². The number of benzene rings is 1. The molecule has 140 valence electrons. The van der Waals surface area contributed by atoms with E-state index in [-0.39, 0.29) is 12.7 Å². The fraction of sp³-hybridized carbons (Fsp3) is 0.650. The van der Waals surface area contributed by atoms with Gasteiger partial charge in [0.1, 0.15) is 0 Å². The Morgan fingerprint density at radius 2 is 1.77 bits per heavy atom. The number of fused-ring (bicyclic) bond motifs is 5. The van der Waals surface area contributed by atoms with Crippen molar-refractivity contribution in [2.75, 3.05) is 39.6 Å². The lowest BCUT2D eigenvalue weighted by atomic mass is 9.94. The van der Waals surface area contributed by atoms with Gasteiger partial charge in [-0.1, -0.05) is 0 Å². The van der Waals surface area contributed by atoms with Crippen LogP contribution in [0, 0.1) is 5.92 Å². The van der Waals surface area contributed by atoms with Gasteiger partial charge in [-0.2, -0.15) is 0 Å². The molecule has 2 unspecified atom stereocenters. The van der Waals surface area contributed by atoms with Crippen molar-refractivity contribution in [3.8, 4) is 11.5 Å². The first kappa shape index (κ1) is 16.4. The third-order valence-electron chi connectivity index (χ3n) is 6.33. The minimum atomic E-state index is 0.131. The molecule has 26 heavy (non-hydrogen) atoms. The minimum Gasteiger partial charge on any atom is -0.454 e. The molecule has 5 heterocycles. The van der Waals surface area contributed by atoms with Crippen LogP contribution < -0.4 is 9.47 Å². The van der Waals surface area contributed by atoms with Gasteiger partial charge in [0.25, 0.3) is 5.91 Å². The van der Waals surface area contributed by atoms with Crippen molar-refractivity contribution >= 4 is 5.91 Å². The van der Waals surface area contributed by atoms with Crippen LogP contribution in [0.5, 0.6) is 11.5 Å². The van der Waals surface area contributed by atoms with Crippen LogP contribution in [0.1, 0.15) is 36.0 Å². The Labute approximate surface area is 154 Å². The fourth-order valence-electron chi connectivity index (χ4n) is 4.91. The van der Waals surface area contributed by atoms with Gasteiger partial charge >= 0.3 is 0 Å². The highest BCUT2D eigenvalue weighted by atomic mass is 16.7. The molecule has 0 spiro atoms. The summed E-state index contributed by atoms with van der Waals surface area (Å²) in [7, 11) is 0. The van der Waals surface area contributed by atoms with Crippen molar-refractivity contribution in [3.63, 3.8) is 0 Å². The van der Waals surface area contributed by atoms with Crippen LogP contribution in [-0.2, 0) is 4.74 Å². The normalized spacial score (nSPS) is 29.0. The highest BCUT2D eigenvalue weighted by Gasteiger charge is 2.39. The van der Waals surface area contributed by atoms with Gasteiger partial charge in [0.2, 0.25) is 6.79 Å². The molecule has 1 aromatic carbocycles. The molecule has 0 aromatic heterocycles. The van der Waals surface area contributed by atoms with E-state index >= 15 is 0 Å². The molecule has 0 N–H and O–H groups in total. The number of carbonyl (C=O) groups is 1. The van der Waals surface area contributed by atoms with Crippen molar-refractivity contribution in [1.29, 1.82) is 0 Å². The number of hydrogen-bond donors (Lipinski definition) is 0. The fourth-order valence-corrected chi connectivity index (χ4v) is 4.91. The van der Waals surface area contributed by atoms with Gasteiger partial charge < -0.3 is 19.1 Å². The second kappa shape index (κ2) is 6.74. The molecule has 0 saturated carbocycles. The van der Waals surface area contributed by atoms with E-state index in [1.54, 1.807) is 0 Å². The van der Waals surface area contributed by atoms with Gasteiger partial charge in [-0.25, -0.2) is 0 Å². The summed E-state index contributed by atoms with van der Waals surface area (Å²) in [6.45, 7) is 4.97. The maximum Gasteiger partial charge on any atom is 0.254 e. The highest BCUT2D eigenvalue weighted by Crippen LogP contribution is 2.35. The zero-order chi connectivity index (χ0) is 17.5. The Morgan fingerprint density at radius 1 is 0.923 bits per heavy atom. The molecule has 0 radical (unpaired) electrons. The summed E-state index contributed by atoms with van der Waals surface area (Å²) in [5, 5.41) is 0. The van der Waals surface area contributed by atoms with E-state index in [4.69, 9.17) is 14.2 Å². The quantitative estimate of drug-likeness (QED) is 0.811. The Balaban J connectivity index is 1.34. The maximum absolute atomic E-state index is 13.2. The van der Waals surface area contributed by atoms with Gasteiger partial charge in [-0.05, 0) is 49.8 Å². The molecule has 2 bridgehead atoms. The molecule has 6 nitrogen and oxygen atoms in total. The summed E-state index contributed by atoms with van der Waals surface area (Å²) in [5.74, 6) is 2.12. The second-order valence-electron chi connectivity index (χ2n) is 7.92. The van der Waals surface area contributed by atoms with Crippen LogP contribution >= 0.6 is 0 Å². The molecule has 5 aliphatic rings. The largest absolute Gasteiger partial charge is 0.454 e. The number of ether oxygens (including phenoxy) is 3. The lowest BCUT2D eigenvalue weighted by Gasteiger charge is -2.37. The van der Waals surface area contributed by atoms with E-state index in [1.807, 2.05) is 18.2 Å². The van der Waals surface area contributed by atoms with Crippen LogP contribution in [0.15, 0.2) is 18.2 Å². The monoisotopic (exact) mass is 358 g/mol. The van der Waals surface area contributed by atoms with Crippen molar-refractivity contribution < 1.29 is 19.0 Å². The Morgan fingerprint density at radius 3 is 2.65 bits per heavy atom. The molecule has 6 heteroatoms. The Kier molecular flexibility index (Phi) is 4.25. The number of nitrogens with zero attached hydrogens (tertiary/aromatic N) is 2. The summed E-state index contributed by atoms with van der Waals surface area (Å²) in [6, 6.07) is 6.48. The van der Waals surface area contributed by atoms with Crippen LogP contribution in [0.25, 0.3) is 0 Å². The van der Waals surface area contributed by atoms with E-state index in [2.05, 4.69) is 9.80 Å². The lowest BCUT2D eigenvalue weighted by Crippen LogP contribution is -2.48. The third-order valence-corrected chi connectivity index (χ3v) is 6.33. The third kappa shape index (κ3) is 2.95. The van der Waals surface area contributed by atoms with Crippen molar-refractivity contribution in [2.45, 2.75) is 37.8 Å². The number of amides is 1. The number of carbonyl (C=O) groups excluding carboxylic acids is 1. The maximum atomic E-state index is 13.2. The first-order valence-corrected chi connectivity index (χ1v) is 9.80. The molecule has 4 fully saturated rings. The van der Waals surface area contributed by atoms with Crippen molar-refractivity contribution in [3.05, 3.63) is 23.8 Å². The first-order valence-electron chi connectivity index (χ1n) is 9.80. The van der Waals surface area contributed by atoms with E-state index in [9.17, 15) is 4.79 Å². The predicted molar refractivity (Wildman–Crippen MR) is 95.5 cm³/mol. The molecular formula is C20H26N2O4. The van der Waals surface area contributed by atoms with E-state index in [0.717, 1.165) is 57.9 Å². The minimum absolute atomic E-state index is 0.131. The lowest BCUT2D eigenvalue weighted by molar-refractivity contribution is 0.0304.